The van der Waals surface area contributed by atoms with Crippen molar-refractivity contribution in [2.45, 2.75) is 66.1 Å². The summed E-state index contributed by atoms with van der Waals surface area (Å²) in [4.78, 5) is 42.3. The van der Waals surface area contributed by atoms with Crippen LogP contribution >= 0.6 is 0 Å². The van der Waals surface area contributed by atoms with E-state index >= 15 is 0 Å². The number of nitrogens with zero attached hydrogens (tertiary/aromatic N) is 8. The van der Waals surface area contributed by atoms with Crippen LogP contribution in [0.2, 0.25) is 0 Å². The molecule has 0 aliphatic rings. The van der Waals surface area contributed by atoms with Crippen molar-refractivity contribution in [1.82, 2.24) is 44.8 Å². The molecule has 0 fully saturated rings. The molecule has 0 unspecified atom stereocenters. The number of rotatable bonds is 11. The van der Waals surface area contributed by atoms with Crippen LogP contribution in [0.5, 0.6) is 23.5 Å². The number of para-hydroxylation sites is 2. The summed E-state index contributed by atoms with van der Waals surface area (Å²) in [6.07, 6.45) is 3.25. The molecule has 0 aliphatic carbocycles. The van der Waals surface area contributed by atoms with E-state index in [2.05, 4.69) is 35.5 Å². The summed E-state index contributed by atoms with van der Waals surface area (Å²) in [5.74, 6) is 0.589. The van der Waals surface area contributed by atoms with E-state index in [4.69, 9.17) is 14.2 Å². The topological polar surface area (TPSA) is 161 Å². The summed E-state index contributed by atoms with van der Waals surface area (Å²) in [7, 11) is 0. The number of esters is 1. The molecule has 0 saturated heterocycles. The number of hydrogen-bond donors (Lipinski definition) is 1. The zero-order chi connectivity index (χ0) is 42.0. The lowest BCUT2D eigenvalue weighted by Gasteiger charge is -2.22. The third-order valence-corrected chi connectivity index (χ3v) is 8.40. The average molecular weight is 794 g/mol. The molecule has 0 spiro atoms. The molecule has 0 atom stereocenters. The average Bonchev–Trinajstić information content (AvgIpc) is 3.90. The molecular formula is C45H47N9O5. The minimum Gasteiger partial charge on any atom is -0.461 e. The monoisotopic (exact) mass is 793 g/mol. The van der Waals surface area contributed by atoms with Crippen molar-refractivity contribution in [2.24, 2.45) is 0 Å². The van der Waals surface area contributed by atoms with Gasteiger partial charge in [0.05, 0.1) is 40.5 Å². The molecule has 0 radical (unpaired) electrons. The lowest BCUT2D eigenvalue weighted by molar-refractivity contribution is 0.0517. The van der Waals surface area contributed by atoms with Gasteiger partial charge in [-0.2, -0.15) is 20.2 Å². The summed E-state index contributed by atoms with van der Waals surface area (Å²) in [6, 6.07) is 35.8. The first kappa shape index (κ1) is 41.4. The van der Waals surface area contributed by atoms with Crippen LogP contribution in [0.15, 0.2) is 128 Å². The van der Waals surface area contributed by atoms with E-state index in [9.17, 15) is 9.59 Å². The van der Waals surface area contributed by atoms with Gasteiger partial charge in [0.15, 0.2) is 11.4 Å². The summed E-state index contributed by atoms with van der Waals surface area (Å²) < 4.78 is 20.1. The number of carbonyl (C=O) groups excluding carboxylic acids is 2. The third kappa shape index (κ3) is 11.0. The molecule has 14 nitrogen and oxygen atoms in total. The molecule has 0 aliphatic heterocycles. The van der Waals surface area contributed by atoms with E-state index in [-0.39, 0.29) is 34.7 Å². The number of hydrogen-bond acceptors (Lipinski definition) is 11. The maximum absolute atomic E-state index is 12.8. The fourth-order valence-corrected chi connectivity index (χ4v) is 5.69. The molecule has 0 saturated carbocycles. The van der Waals surface area contributed by atoms with Gasteiger partial charge in [-0.05, 0) is 96.5 Å². The smallest absolute Gasteiger partial charge is 0.358 e. The van der Waals surface area contributed by atoms with Gasteiger partial charge < -0.3 is 19.5 Å². The van der Waals surface area contributed by atoms with E-state index in [1.54, 1.807) is 52.9 Å². The Hall–Kier alpha value is -7.22. The molecular weight excluding hydrogens is 747 g/mol. The lowest BCUT2D eigenvalue weighted by Crippen LogP contribution is -2.26. The SMILES string of the molecule is CC(C)(C)n1nc(C(=O)NCc2ccccc2)cc1-c1ccnc(Oc2ccccc2)n1.CCOC(=O)c1cc(-c2ccnc(Oc3ccccc3)n2)n(C(C)(C)C)n1. The summed E-state index contributed by atoms with van der Waals surface area (Å²) in [5.41, 5.74) is 3.50. The number of amides is 1. The Balaban J connectivity index is 0.000000201. The van der Waals surface area contributed by atoms with Crippen LogP contribution in [-0.2, 0) is 22.4 Å². The zero-order valence-corrected chi connectivity index (χ0v) is 34.2. The second kappa shape index (κ2) is 18.4. The zero-order valence-electron chi connectivity index (χ0n) is 34.2. The summed E-state index contributed by atoms with van der Waals surface area (Å²) >= 11 is 0. The highest BCUT2D eigenvalue weighted by atomic mass is 16.5. The largest absolute Gasteiger partial charge is 0.461 e. The Morgan fingerprint density at radius 2 is 1.05 bits per heavy atom. The Kier molecular flexibility index (Phi) is 12.9. The van der Waals surface area contributed by atoms with Crippen LogP contribution in [0.4, 0.5) is 0 Å². The van der Waals surface area contributed by atoms with Gasteiger partial charge in [0.2, 0.25) is 0 Å². The Bertz CT molecular complexity index is 2470. The van der Waals surface area contributed by atoms with E-state index in [1.807, 2.05) is 133 Å². The van der Waals surface area contributed by atoms with Gasteiger partial charge >= 0.3 is 18.0 Å². The Labute approximate surface area is 343 Å². The summed E-state index contributed by atoms with van der Waals surface area (Å²) in [6.45, 7) is 14.6. The normalized spacial score (nSPS) is 11.2. The van der Waals surface area contributed by atoms with Crippen LogP contribution in [-0.4, -0.2) is 58.0 Å². The highest BCUT2D eigenvalue weighted by molar-refractivity contribution is 5.93. The van der Waals surface area contributed by atoms with Crippen molar-refractivity contribution in [3.8, 4) is 46.3 Å². The van der Waals surface area contributed by atoms with Crippen LogP contribution in [0.3, 0.4) is 0 Å². The Morgan fingerprint density at radius 1 is 0.610 bits per heavy atom. The summed E-state index contributed by atoms with van der Waals surface area (Å²) in [5, 5.41) is 11.9. The quantitative estimate of drug-likeness (QED) is 0.125. The van der Waals surface area contributed by atoms with Gasteiger partial charge in [0.25, 0.3) is 5.91 Å². The van der Waals surface area contributed by atoms with E-state index in [0.29, 0.717) is 53.1 Å². The molecule has 14 heteroatoms. The minimum absolute atomic E-state index is 0.220. The van der Waals surface area contributed by atoms with E-state index in [1.165, 1.54) is 0 Å². The van der Waals surface area contributed by atoms with Crippen molar-refractivity contribution in [3.05, 3.63) is 145 Å². The molecule has 59 heavy (non-hydrogen) atoms. The van der Waals surface area contributed by atoms with Crippen LogP contribution in [0.25, 0.3) is 22.8 Å². The van der Waals surface area contributed by atoms with Crippen molar-refractivity contribution in [3.63, 3.8) is 0 Å². The maximum atomic E-state index is 12.8. The molecule has 1 amide bonds. The van der Waals surface area contributed by atoms with Gasteiger partial charge in [-0.15, -0.1) is 0 Å². The number of aromatic nitrogens is 8. The number of ether oxygens (including phenoxy) is 3. The first-order valence-electron chi connectivity index (χ1n) is 19.1. The number of carbonyl (C=O) groups is 2. The highest BCUT2D eigenvalue weighted by Crippen LogP contribution is 2.29. The standard InChI is InChI=1S/C25H25N5O2.C20H22N4O3/c1-25(2,3)30-22(16-21(29-30)23(31)27-17-18-10-6-4-7-11-18)20-14-15-26-24(28-20)32-19-12-8-5-9-13-19;1-5-26-18(25)16-13-17(24(23-16)20(2,3)4)15-11-12-21-19(22-15)27-14-9-7-6-8-10-14/h4-16H,17H2,1-3H3,(H,27,31);6-13H,5H2,1-4H3. The maximum Gasteiger partial charge on any atom is 0.358 e. The Morgan fingerprint density at radius 3 is 1.51 bits per heavy atom. The van der Waals surface area contributed by atoms with Crippen LogP contribution in [0, 0.1) is 0 Å². The van der Waals surface area contributed by atoms with E-state index < -0.39 is 5.97 Å². The van der Waals surface area contributed by atoms with Crippen LogP contribution < -0.4 is 14.8 Å². The second-order valence-electron chi connectivity index (χ2n) is 15.2. The highest BCUT2D eigenvalue weighted by Gasteiger charge is 2.26. The molecule has 0 bridgehead atoms. The fourth-order valence-electron chi connectivity index (χ4n) is 5.69. The van der Waals surface area contributed by atoms with Crippen molar-refractivity contribution < 1.29 is 23.8 Å². The van der Waals surface area contributed by atoms with Gasteiger partial charge in [-0.3, -0.25) is 14.2 Å². The predicted molar refractivity (Wildman–Crippen MR) is 223 cm³/mol. The van der Waals surface area contributed by atoms with Crippen molar-refractivity contribution in [1.29, 1.82) is 0 Å². The first-order chi connectivity index (χ1) is 28.3. The fraction of sp³-hybridized carbons (Fsp3) is 0.244. The van der Waals surface area contributed by atoms with Crippen molar-refractivity contribution >= 4 is 11.9 Å². The molecule has 4 aromatic heterocycles. The predicted octanol–water partition coefficient (Wildman–Crippen LogP) is 8.88. The molecule has 302 valence electrons. The van der Waals surface area contributed by atoms with Gasteiger partial charge in [0, 0.05) is 25.0 Å². The second-order valence-corrected chi connectivity index (χ2v) is 15.2. The van der Waals surface area contributed by atoms with Gasteiger partial charge in [-0.25, -0.2) is 14.8 Å². The minimum atomic E-state index is -0.462. The lowest BCUT2D eigenvalue weighted by atomic mass is 10.1. The van der Waals surface area contributed by atoms with Gasteiger partial charge in [-0.1, -0.05) is 66.7 Å². The molecule has 3 aromatic carbocycles. The van der Waals surface area contributed by atoms with Gasteiger partial charge in [0.1, 0.15) is 11.5 Å². The molecule has 7 rings (SSSR count). The van der Waals surface area contributed by atoms with E-state index in [0.717, 1.165) is 5.56 Å². The number of benzene rings is 3. The third-order valence-electron chi connectivity index (χ3n) is 8.40. The molecule has 7 aromatic rings. The van der Waals surface area contributed by atoms with Crippen molar-refractivity contribution in [2.75, 3.05) is 6.61 Å². The first-order valence-corrected chi connectivity index (χ1v) is 19.1. The molecule has 1 N–H and O–H groups in total. The van der Waals surface area contributed by atoms with Crippen LogP contribution in [0.1, 0.15) is 75.0 Å². The molecule has 4 heterocycles. The number of nitrogens with one attached hydrogen (secondary N) is 1.